The first-order valence-corrected chi connectivity index (χ1v) is 8.87. The van der Waals surface area contributed by atoms with E-state index in [1.54, 1.807) is 25.3 Å². The van der Waals surface area contributed by atoms with Crippen LogP contribution in [-0.4, -0.2) is 37.6 Å². The van der Waals surface area contributed by atoms with Gasteiger partial charge < -0.3 is 19.2 Å². The number of hydrogen-bond donors (Lipinski definition) is 1. The Hall–Kier alpha value is -3.28. The second-order valence-electron chi connectivity index (χ2n) is 6.73. The van der Waals surface area contributed by atoms with E-state index in [9.17, 15) is 9.59 Å². The van der Waals surface area contributed by atoms with Crippen molar-refractivity contribution in [3.8, 4) is 11.5 Å². The van der Waals surface area contributed by atoms with Gasteiger partial charge in [-0.1, -0.05) is 6.07 Å². The standard InChI is InChI=1S/C22H23NO5/c1-12-6-14(3)17(7-13(12)2)19(24)11-28-22(25)18-9-15-8-16(26-4)10-20(27-5)21(15)23-18/h6-10,23H,11H2,1-5H3. The second-order valence-corrected chi connectivity index (χ2v) is 6.73. The number of ether oxygens (including phenoxy) is 3. The lowest BCUT2D eigenvalue weighted by Crippen LogP contribution is -2.15. The van der Waals surface area contributed by atoms with Gasteiger partial charge in [-0.15, -0.1) is 0 Å². The average Bonchev–Trinajstić information content (AvgIpc) is 3.12. The topological polar surface area (TPSA) is 77.6 Å². The van der Waals surface area contributed by atoms with Crippen molar-refractivity contribution in [1.29, 1.82) is 0 Å². The molecular formula is C22H23NO5. The normalized spacial score (nSPS) is 10.8. The second kappa shape index (κ2) is 7.76. The van der Waals surface area contributed by atoms with Crippen molar-refractivity contribution in [3.05, 3.63) is 58.3 Å². The maximum absolute atomic E-state index is 12.5. The summed E-state index contributed by atoms with van der Waals surface area (Å²) >= 11 is 0. The molecule has 0 radical (unpaired) electrons. The molecule has 6 nitrogen and oxygen atoms in total. The van der Waals surface area contributed by atoms with Crippen LogP contribution in [0.25, 0.3) is 10.9 Å². The zero-order valence-corrected chi connectivity index (χ0v) is 16.6. The minimum Gasteiger partial charge on any atom is -0.497 e. The smallest absolute Gasteiger partial charge is 0.355 e. The van der Waals surface area contributed by atoms with Crippen LogP contribution in [0.1, 0.15) is 37.5 Å². The molecule has 0 amide bonds. The number of aromatic nitrogens is 1. The number of H-pyrrole nitrogens is 1. The van der Waals surface area contributed by atoms with Crippen molar-refractivity contribution in [2.45, 2.75) is 20.8 Å². The number of aromatic amines is 1. The van der Waals surface area contributed by atoms with Crippen LogP contribution in [0.4, 0.5) is 0 Å². The number of carbonyl (C=O) groups excluding carboxylic acids is 2. The molecule has 28 heavy (non-hydrogen) atoms. The third kappa shape index (κ3) is 3.71. The van der Waals surface area contributed by atoms with Gasteiger partial charge in [0.05, 0.1) is 19.7 Å². The molecule has 3 aromatic rings. The molecule has 0 saturated heterocycles. The Balaban J connectivity index is 1.78. The lowest BCUT2D eigenvalue weighted by atomic mass is 9.98. The quantitative estimate of drug-likeness (QED) is 0.513. The molecule has 3 rings (SSSR count). The Morgan fingerprint density at radius 1 is 0.893 bits per heavy atom. The summed E-state index contributed by atoms with van der Waals surface area (Å²) in [6.45, 7) is 5.50. The molecule has 0 unspecified atom stereocenters. The number of hydrogen-bond acceptors (Lipinski definition) is 5. The van der Waals surface area contributed by atoms with Crippen LogP contribution < -0.4 is 9.47 Å². The lowest BCUT2D eigenvalue weighted by Gasteiger charge is -2.09. The first-order valence-electron chi connectivity index (χ1n) is 8.87. The number of fused-ring (bicyclic) bond motifs is 1. The van der Waals surface area contributed by atoms with E-state index >= 15 is 0 Å². The van der Waals surface area contributed by atoms with Crippen molar-refractivity contribution < 1.29 is 23.8 Å². The first-order chi connectivity index (χ1) is 13.3. The van der Waals surface area contributed by atoms with E-state index < -0.39 is 5.97 Å². The van der Waals surface area contributed by atoms with E-state index in [0.29, 0.717) is 22.6 Å². The van der Waals surface area contributed by atoms with Crippen LogP contribution >= 0.6 is 0 Å². The predicted octanol–water partition coefficient (Wildman–Crippen LogP) is 4.15. The molecule has 0 aliphatic carbocycles. The number of rotatable bonds is 6. The van der Waals surface area contributed by atoms with Crippen LogP contribution in [0.3, 0.4) is 0 Å². The van der Waals surface area contributed by atoms with Crippen molar-refractivity contribution in [3.63, 3.8) is 0 Å². The van der Waals surface area contributed by atoms with E-state index in [0.717, 1.165) is 22.1 Å². The van der Waals surface area contributed by atoms with E-state index in [4.69, 9.17) is 14.2 Å². The highest BCUT2D eigenvalue weighted by atomic mass is 16.5. The fraction of sp³-hybridized carbons (Fsp3) is 0.273. The molecule has 0 fully saturated rings. The molecule has 0 bridgehead atoms. The van der Waals surface area contributed by atoms with Gasteiger partial charge in [-0.25, -0.2) is 4.79 Å². The molecule has 1 aromatic heterocycles. The Kier molecular flexibility index (Phi) is 5.40. The summed E-state index contributed by atoms with van der Waals surface area (Å²) in [6.07, 6.45) is 0. The van der Waals surface area contributed by atoms with Gasteiger partial charge in [0.15, 0.2) is 6.61 Å². The third-order valence-corrected chi connectivity index (χ3v) is 4.82. The summed E-state index contributed by atoms with van der Waals surface area (Å²) in [6, 6.07) is 8.95. The van der Waals surface area contributed by atoms with Crippen molar-refractivity contribution >= 4 is 22.7 Å². The van der Waals surface area contributed by atoms with Gasteiger partial charge in [0.2, 0.25) is 5.78 Å². The molecular weight excluding hydrogens is 358 g/mol. The third-order valence-electron chi connectivity index (χ3n) is 4.82. The number of nitrogens with one attached hydrogen (secondary N) is 1. The van der Waals surface area contributed by atoms with Gasteiger partial charge in [-0.3, -0.25) is 4.79 Å². The SMILES string of the molecule is COc1cc(OC)c2[nH]c(C(=O)OCC(=O)c3cc(C)c(C)cc3C)cc2c1. The van der Waals surface area contributed by atoms with Gasteiger partial charge in [0, 0.05) is 17.0 Å². The predicted molar refractivity (Wildman–Crippen MR) is 107 cm³/mol. The Morgan fingerprint density at radius 2 is 1.61 bits per heavy atom. The highest BCUT2D eigenvalue weighted by Gasteiger charge is 2.18. The number of benzene rings is 2. The van der Waals surface area contributed by atoms with E-state index in [2.05, 4.69) is 4.98 Å². The first kappa shape index (κ1) is 19.5. The maximum Gasteiger partial charge on any atom is 0.355 e. The van der Waals surface area contributed by atoms with Gasteiger partial charge in [-0.05, 0) is 55.7 Å². The molecule has 146 valence electrons. The molecule has 2 aromatic carbocycles. The Bertz CT molecular complexity index is 1060. The summed E-state index contributed by atoms with van der Waals surface area (Å²) in [5.74, 6) is 0.329. The molecule has 0 atom stereocenters. The summed E-state index contributed by atoms with van der Waals surface area (Å²) in [7, 11) is 3.10. The van der Waals surface area contributed by atoms with E-state index in [1.807, 2.05) is 32.9 Å². The van der Waals surface area contributed by atoms with Gasteiger partial charge >= 0.3 is 5.97 Å². The lowest BCUT2D eigenvalue weighted by molar-refractivity contribution is 0.0469. The summed E-state index contributed by atoms with van der Waals surface area (Å²) in [5, 5.41) is 0.750. The van der Waals surface area contributed by atoms with Crippen LogP contribution in [-0.2, 0) is 4.74 Å². The minimum atomic E-state index is -0.605. The highest BCUT2D eigenvalue weighted by Crippen LogP contribution is 2.31. The van der Waals surface area contributed by atoms with Gasteiger partial charge in [-0.2, -0.15) is 0 Å². The Morgan fingerprint density at radius 3 is 2.29 bits per heavy atom. The van der Waals surface area contributed by atoms with Gasteiger partial charge in [0.1, 0.15) is 17.2 Å². The molecule has 0 aliphatic heterocycles. The molecule has 0 spiro atoms. The number of methoxy groups -OCH3 is 2. The fourth-order valence-electron chi connectivity index (χ4n) is 3.12. The Labute approximate surface area is 163 Å². The highest BCUT2D eigenvalue weighted by molar-refractivity contribution is 6.01. The van der Waals surface area contributed by atoms with Crippen molar-refractivity contribution in [2.75, 3.05) is 20.8 Å². The molecule has 0 saturated carbocycles. The zero-order chi connectivity index (χ0) is 20.4. The summed E-state index contributed by atoms with van der Waals surface area (Å²) in [5.41, 5.74) is 4.48. The average molecular weight is 381 g/mol. The number of carbonyl (C=O) groups is 2. The summed E-state index contributed by atoms with van der Waals surface area (Å²) < 4.78 is 15.8. The number of esters is 1. The van der Waals surface area contributed by atoms with E-state index in [1.165, 1.54) is 7.11 Å². The molecule has 6 heteroatoms. The largest absolute Gasteiger partial charge is 0.497 e. The number of ketones is 1. The van der Waals surface area contributed by atoms with Gasteiger partial charge in [0.25, 0.3) is 0 Å². The van der Waals surface area contributed by atoms with E-state index in [-0.39, 0.29) is 18.1 Å². The van der Waals surface area contributed by atoms with Crippen LogP contribution in [0, 0.1) is 20.8 Å². The van der Waals surface area contributed by atoms with Crippen molar-refractivity contribution in [2.24, 2.45) is 0 Å². The summed E-state index contributed by atoms with van der Waals surface area (Å²) in [4.78, 5) is 27.9. The molecule has 1 heterocycles. The zero-order valence-electron chi connectivity index (χ0n) is 16.6. The molecule has 1 N–H and O–H groups in total. The maximum atomic E-state index is 12.5. The fourth-order valence-corrected chi connectivity index (χ4v) is 3.12. The van der Waals surface area contributed by atoms with Crippen LogP contribution in [0.5, 0.6) is 11.5 Å². The van der Waals surface area contributed by atoms with Crippen LogP contribution in [0.2, 0.25) is 0 Å². The van der Waals surface area contributed by atoms with Crippen molar-refractivity contribution in [1.82, 2.24) is 4.98 Å². The monoisotopic (exact) mass is 381 g/mol. The number of Topliss-reactive ketones (excluding diaryl/α,β-unsaturated/α-hetero) is 1. The number of aryl methyl sites for hydroxylation is 3. The minimum absolute atomic E-state index is 0.232. The molecule has 0 aliphatic rings. The van der Waals surface area contributed by atoms with Crippen LogP contribution in [0.15, 0.2) is 30.3 Å².